The molecule has 0 heterocycles. The van der Waals surface area contributed by atoms with Crippen molar-refractivity contribution in [1.82, 2.24) is 0 Å². The van der Waals surface area contributed by atoms with Crippen molar-refractivity contribution in [2.24, 2.45) is 0 Å². The van der Waals surface area contributed by atoms with E-state index in [1.54, 1.807) is 6.08 Å². The van der Waals surface area contributed by atoms with E-state index < -0.39 is 28.0 Å². The van der Waals surface area contributed by atoms with E-state index >= 15 is 0 Å². The van der Waals surface area contributed by atoms with Crippen LogP contribution in [0.15, 0.2) is 23.3 Å². The highest BCUT2D eigenvalue weighted by molar-refractivity contribution is 7.61. The number of carbonyl (C=O) groups is 1. The fourth-order valence-corrected chi connectivity index (χ4v) is 3.44. The SMILES string of the molecule is CC(=O)COP(=O)(OC/C=C(\C)CCC=C(C)C)OP(=O)(O)O. The molecule has 10 heteroatoms. The molecule has 0 aromatic rings. The second kappa shape index (κ2) is 10.3. The summed E-state index contributed by atoms with van der Waals surface area (Å²) in [4.78, 5) is 28.3. The normalized spacial score (nSPS) is 15.1. The predicted molar refractivity (Wildman–Crippen MR) is 85.7 cm³/mol. The highest BCUT2D eigenvalue weighted by Gasteiger charge is 2.36. The van der Waals surface area contributed by atoms with E-state index in [9.17, 15) is 13.9 Å². The summed E-state index contributed by atoms with van der Waals surface area (Å²) in [5.74, 6) is -0.489. The molecule has 0 spiro atoms. The van der Waals surface area contributed by atoms with Crippen LogP contribution < -0.4 is 0 Å². The Morgan fingerprint density at radius 2 is 1.65 bits per heavy atom. The van der Waals surface area contributed by atoms with Gasteiger partial charge in [0.05, 0.1) is 6.61 Å². The first-order chi connectivity index (χ1) is 10.4. The van der Waals surface area contributed by atoms with Crippen molar-refractivity contribution < 1.29 is 37.1 Å². The summed E-state index contributed by atoms with van der Waals surface area (Å²) < 4.78 is 36.4. The Labute approximate surface area is 136 Å². The van der Waals surface area contributed by atoms with E-state index in [0.29, 0.717) is 0 Å². The topological polar surface area (TPSA) is 119 Å². The van der Waals surface area contributed by atoms with Crippen LogP contribution in [0.25, 0.3) is 0 Å². The molecule has 0 aromatic heterocycles. The van der Waals surface area contributed by atoms with Gasteiger partial charge in [-0.15, -0.1) is 0 Å². The van der Waals surface area contributed by atoms with Gasteiger partial charge >= 0.3 is 15.6 Å². The zero-order chi connectivity index (χ0) is 18.1. The molecule has 0 aliphatic carbocycles. The van der Waals surface area contributed by atoms with Crippen LogP contribution in [0.1, 0.15) is 40.5 Å². The third-order valence-electron chi connectivity index (χ3n) is 2.39. The van der Waals surface area contributed by atoms with E-state index in [1.165, 1.54) is 5.57 Å². The lowest BCUT2D eigenvalue weighted by Gasteiger charge is -2.16. The number of hydrogen-bond acceptors (Lipinski definition) is 6. The Morgan fingerprint density at radius 3 is 2.13 bits per heavy atom. The summed E-state index contributed by atoms with van der Waals surface area (Å²) in [6, 6.07) is 0. The van der Waals surface area contributed by atoms with Crippen LogP contribution in [0.2, 0.25) is 0 Å². The zero-order valence-corrected chi connectivity index (χ0v) is 15.5. The van der Waals surface area contributed by atoms with Crippen molar-refractivity contribution in [2.45, 2.75) is 40.5 Å². The summed E-state index contributed by atoms with van der Waals surface area (Å²) in [6.07, 6.45) is 5.26. The molecule has 23 heavy (non-hydrogen) atoms. The summed E-state index contributed by atoms with van der Waals surface area (Å²) in [5, 5.41) is 0. The van der Waals surface area contributed by atoms with Gasteiger partial charge in [-0.3, -0.25) is 13.8 Å². The molecule has 0 rings (SSSR count). The maximum Gasteiger partial charge on any atom is 0.484 e. The smallest absolute Gasteiger partial charge is 0.302 e. The molecule has 8 nitrogen and oxygen atoms in total. The standard InChI is InChI=1S/C13H24O8P2/c1-11(2)6-5-7-12(3)8-9-19-23(18,20-10-13(4)14)21-22(15,16)17/h6,8H,5,7,9-10H2,1-4H3,(H2,15,16,17)/b12-8+. The molecule has 0 saturated carbocycles. The highest BCUT2D eigenvalue weighted by atomic mass is 31.3. The van der Waals surface area contributed by atoms with E-state index in [2.05, 4.69) is 14.9 Å². The molecule has 1 atom stereocenters. The molecule has 0 aromatic carbocycles. The fraction of sp³-hybridized carbons (Fsp3) is 0.615. The minimum atomic E-state index is -5.09. The monoisotopic (exact) mass is 370 g/mol. The van der Waals surface area contributed by atoms with Crippen LogP contribution in [-0.4, -0.2) is 28.8 Å². The van der Waals surface area contributed by atoms with Crippen molar-refractivity contribution in [3.05, 3.63) is 23.3 Å². The second-order valence-electron chi connectivity index (χ2n) is 5.16. The third-order valence-corrected chi connectivity index (χ3v) is 4.95. The Kier molecular flexibility index (Phi) is 10.0. The highest BCUT2D eigenvalue weighted by Crippen LogP contribution is 2.61. The first-order valence-corrected chi connectivity index (χ1v) is 9.87. The molecule has 0 radical (unpaired) electrons. The van der Waals surface area contributed by atoms with Crippen LogP contribution >= 0.6 is 15.6 Å². The van der Waals surface area contributed by atoms with Crippen molar-refractivity contribution in [3.8, 4) is 0 Å². The van der Waals surface area contributed by atoms with Gasteiger partial charge in [-0.1, -0.05) is 23.3 Å². The molecular weight excluding hydrogens is 346 g/mol. The number of ketones is 1. The number of phosphoric ester groups is 1. The molecule has 0 amide bonds. The van der Waals surface area contributed by atoms with E-state index in [-0.39, 0.29) is 6.61 Å². The lowest BCUT2D eigenvalue weighted by atomic mass is 10.1. The second-order valence-corrected chi connectivity index (χ2v) is 8.21. The van der Waals surface area contributed by atoms with Gasteiger partial charge in [0.25, 0.3) is 0 Å². The van der Waals surface area contributed by atoms with Gasteiger partial charge in [-0.2, -0.15) is 4.31 Å². The zero-order valence-electron chi connectivity index (χ0n) is 13.7. The lowest BCUT2D eigenvalue weighted by Crippen LogP contribution is -2.06. The fourth-order valence-electron chi connectivity index (χ4n) is 1.35. The van der Waals surface area contributed by atoms with E-state index in [4.69, 9.17) is 14.3 Å². The molecule has 0 aliphatic rings. The number of hydrogen-bond donors (Lipinski definition) is 2. The number of Topliss-reactive ketones (excluding diaryl/α,β-unsaturated/α-hetero) is 1. The van der Waals surface area contributed by atoms with Crippen molar-refractivity contribution in [2.75, 3.05) is 13.2 Å². The average Bonchev–Trinajstić information content (AvgIpc) is 2.34. The first-order valence-electron chi connectivity index (χ1n) is 6.88. The van der Waals surface area contributed by atoms with Crippen molar-refractivity contribution in [1.29, 1.82) is 0 Å². The third kappa shape index (κ3) is 13.5. The van der Waals surface area contributed by atoms with Crippen LogP contribution in [0.5, 0.6) is 0 Å². The maximum atomic E-state index is 12.1. The Morgan fingerprint density at radius 1 is 1.04 bits per heavy atom. The lowest BCUT2D eigenvalue weighted by molar-refractivity contribution is -0.119. The molecule has 0 aliphatic heterocycles. The summed E-state index contributed by atoms with van der Waals surface area (Å²) in [5.41, 5.74) is 2.14. The van der Waals surface area contributed by atoms with Gasteiger partial charge in [0.1, 0.15) is 6.61 Å². The van der Waals surface area contributed by atoms with Crippen molar-refractivity contribution >= 4 is 21.4 Å². The largest absolute Gasteiger partial charge is 0.484 e. The Bertz CT molecular complexity index is 542. The number of allylic oxidation sites excluding steroid dienone is 3. The molecule has 134 valence electrons. The molecule has 0 bridgehead atoms. The van der Waals surface area contributed by atoms with Crippen LogP contribution in [0.3, 0.4) is 0 Å². The molecule has 0 fully saturated rings. The van der Waals surface area contributed by atoms with Gasteiger partial charge in [0, 0.05) is 0 Å². The first kappa shape index (κ1) is 22.4. The summed E-state index contributed by atoms with van der Waals surface area (Å²) in [6.45, 7) is 6.12. The minimum Gasteiger partial charge on any atom is -0.302 e. The Hall–Kier alpha value is -0.590. The van der Waals surface area contributed by atoms with Gasteiger partial charge in [-0.05, 0) is 40.5 Å². The summed E-state index contributed by atoms with van der Waals surface area (Å²) >= 11 is 0. The van der Waals surface area contributed by atoms with E-state index in [0.717, 1.165) is 25.3 Å². The molecule has 0 saturated heterocycles. The van der Waals surface area contributed by atoms with Crippen LogP contribution in [-0.2, 0) is 27.3 Å². The van der Waals surface area contributed by atoms with Gasteiger partial charge in [-0.25, -0.2) is 9.13 Å². The number of carbonyl (C=O) groups excluding carboxylic acids is 1. The van der Waals surface area contributed by atoms with Crippen LogP contribution in [0.4, 0.5) is 0 Å². The van der Waals surface area contributed by atoms with E-state index in [1.807, 2.05) is 20.8 Å². The number of rotatable bonds is 11. The molecule has 2 N–H and O–H groups in total. The molecule has 1 unspecified atom stereocenters. The van der Waals surface area contributed by atoms with Gasteiger partial charge in [0.2, 0.25) is 0 Å². The Balaban J connectivity index is 4.65. The average molecular weight is 370 g/mol. The van der Waals surface area contributed by atoms with Crippen molar-refractivity contribution in [3.63, 3.8) is 0 Å². The van der Waals surface area contributed by atoms with Gasteiger partial charge < -0.3 is 9.79 Å². The quantitative estimate of drug-likeness (QED) is 0.419. The predicted octanol–water partition coefficient (Wildman–Crippen LogP) is 3.52. The molecular formula is C13H24O8P2. The maximum absolute atomic E-state index is 12.1. The van der Waals surface area contributed by atoms with Gasteiger partial charge in [0.15, 0.2) is 5.78 Å². The minimum absolute atomic E-state index is 0.226. The summed E-state index contributed by atoms with van der Waals surface area (Å²) in [7, 11) is -9.63. The number of phosphoric acid groups is 2. The van der Waals surface area contributed by atoms with Crippen LogP contribution in [0, 0.1) is 0 Å².